The van der Waals surface area contributed by atoms with Crippen molar-refractivity contribution in [3.63, 3.8) is 0 Å². The molecule has 0 aromatic heterocycles. The van der Waals surface area contributed by atoms with Gasteiger partial charge in [-0.15, -0.1) is 0 Å². The molecule has 16 heteroatoms. The van der Waals surface area contributed by atoms with Gasteiger partial charge in [0, 0.05) is 54.4 Å². The number of carbonyl (C=O) groups excluding carboxylic acids is 2. The first-order valence-electron chi connectivity index (χ1n) is 23.6. The van der Waals surface area contributed by atoms with Gasteiger partial charge in [-0.05, 0) is 64.2 Å². The number of esters is 2. The predicted molar refractivity (Wildman–Crippen MR) is 257 cm³/mol. The smallest absolute Gasteiger partial charge is 0.306 e. The van der Waals surface area contributed by atoms with Gasteiger partial charge in [0.15, 0.2) is 23.0 Å². The molecule has 4 aromatic carbocycles. The average molecular weight is 961 g/mol. The Balaban J connectivity index is 1.06. The molecule has 0 spiro atoms. The van der Waals surface area contributed by atoms with Crippen LogP contribution in [0, 0.1) is 0 Å². The van der Waals surface area contributed by atoms with Gasteiger partial charge in [-0.1, -0.05) is 12.1 Å². The van der Waals surface area contributed by atoms with Crippen LogP contribution in [-0.4, -0.2) is 137 Å². The molecule has 0 aliphatic carbocycles. The molecule has 376 valence electrons. The molecule has 4 unspecified atom stereocenters. The lowest BCUT2D eigenvalue weighted by Crippen LogP contribution is -2.53. The molecule has 2 aliphatic heterocycles. The molecule has 4 aromatic rings. The number of aliphatic hydroxyl groups is 4. The van der Waals surface area contributed by atoms with E-state index in [-0.39, 0.29) is 64.6 Å². The Kier molecular flexibility index (Phi) is 18.2. The zero-order chi connectivity index (χ0) is 49.9. The number of nitrogens with zero attached hydrogens (tertiary/aromatic N) is 2. The topological polar surface area (TPSA) is 189 Å². The highest BCUT2D eigenvalue weighted by atomic mass is 16.5. The number of rotatable bonds is 24. The molecule has 2 heterocycles. The third-order valence-electron chi connectivity index (χ3n) is 14.3. The molecule has 0 radical (unpaired) electrons. The van der Waals surface area contributed by atoms with Crippen molar-refractivity contribution in [2.45, 2.75) is 83.5 Å². The van der Waals surface area contributed by atoms with Gasteiger partial charge in [0.05, 0.1) is 141 Å². The molecule has 69 heavy (non-hydrogen) atoms. The molecule has 4 atom stereocenters. The molecular formula is C53H72N2O14+2. The zero-order valence-electron chi connectivity index (χ0n) is 41.6. The van der Waals surface area contributed by atoms with Gasteiger partial charge in [-0.2, -0.15) is 0 Å². The van der Waals surface area contributed by atoms with Crippen LogP contribution in [0.15, 0.2) is 48.5 Å². The standard InChI is InChI=1S/C53H72N2O14/c1-54(19-16-36-26-39(31-57)42(33-59)53(67-8)51(36)43(54)24-34-23-38(30-56)41(32-58)45(25-34)63-4)17-9-21-68-49(60)13-14-50(61)69-22-10-18-55(2)20-15-35-27-47(65-6)48(66-7)29-40(35)52(55)37-11-12-44(62-3)46(28-37)64-5/h11-12,23,25-29,43,52,56-59H,9-10,13-22,24,30-33H2,1-8H3/q+2. The summed E-state index contributed by atoms with van der Waals surface area (Å²) in [6.07, 6.45) is 2.92. The fourth-order valence-corrected chi connectivity index (χ4v) is 10.6. The number of hydrogen-bond acceptors (Lipinski definition) is 14. The van der Waals surface area contributed by atoms with Crippen molar-refractivity contribution in [1.82, 2.24) is 0 Å². The summed E-state index contributed by atoms with van der Waals surface area (Å²) in [7, 11) is 14.0. The first kappa shape index (κ1) is 52.7. The number of methoxy groups -OCH3 is 6. The minimum Gasteiger partial charge on any atom is -0.496 e. The van der Waals surface area contributed by atoms with Crippen molar-refractivity contribution in [3.05, 3.63) is 104 Å². The Morgan fingerprint density at radius 2 is 1.13 bits per heavy atom. The summed E-state index contributed by atoms with van der Waals surface area (Å²) in [5.74, 6) is 2.66. The van der Waals surface area contributed by atoms with Crippen LogP contribution < -0.4 is 28.4 Å². The average Bonchev–Trinajstić information content (AvgIpc) is 3.37. The van der Waals surface area contributed by atoms with E-state index in [9.17, 15) is 30.0 Å². The molecule has 0 bridgehead atoms. The normalized spacial score (nSPS) is 19.5. The Labute approximate surface area is 406 Å². The largest absolute Gasteiger partial charge is 0.496 e. The van der Waals surface area contributed by atoms with Crippen LogP contribution in [0.3, 0.4) is 0 Å². The maximum absolute atomic E-state index is 13.0. The molecule has 0 amide bonds. The first-order chi connectivity index (χ1) is 33.3. The van der Waals surface area contributed by atoms with E-state index in [2.05, 4.69) is 32.3 Å². The number of ether oxygens (including phenoxy) is 8. The Morgan fingerprint density at radius 3 is 1.71 bits per heavy atom. The first-order valence-corrected chi connectivity index (χ1v) is 23.6. The maximum atomic E-state index is 13.0. The van der Waals surface area contributed by atoms with Crippen molar-refractivity contribution in [3.8, 4) is 34.5 Å². The molecule has 2 aliphatic rings. The van der Waals surface area contributed by atoms with Crippen LogP contribution >= 0.6 is 0 Å². The number of benzene rings is 4. The maximum Gasteiger partial charge on any atom is 0.306 e. The number of aliphatic hydroxyl groups excluding tert-OH is 4. The van der Waals surface area contributed by atoms with Gasteiger partial charge in [0.1, 0.15) is 23.6 Å². The lowest BCUT2D eigenvalue weighted by Gasteiger charge is -2.46. The van der Waals surface area contributed by atoms with Gasteiger partial charge in [0.2, 0.25) is 0 Å². The van der Waals surface area contributed by atoms with Gasteiger partial charge >= 0.3 is 11.9 Å². The van der Waals surface area contributed by atoms with Crippen molar-refractivity contribution >= 4 is 11.9 Å². The lowest BCUT2D eigenvalue weighted by atomic mass is 9.82. The summed E-state index contributed by atoms with van der Waals surface area (Å²) >= 11 is 0. The van der Waals surface area contributed by atoms with E-state index in [1.807, 2.05) is 30.3 Å². The van der Waals surface area contributed by atoms with E-state index in [0.717, 1.165) is 47.3 Å². The van der Waals surface area contributed by atoms with Crippen LogP contribution in [0.25, 0.3) is 0 Å². The van der Waals surface area contributed by atoms with Crippen LogP contribution in [0.2, 0.25) is 0 Å². The van der Waals surface area contributed by atoms with Gasteiger partial charge in [0.25, 0.3) is 0 Å². The fourth-order valence-electron chi connectivity index (χ4n) is 10.6. The number of quaternary nitrogens is 2. The number of carbonyl (C=O) groups is 2. The Bertz CT molecular complexity index is 2400. The zero-order valence-corrected chi connectivity index (χ0v) is 41.6. The van der Waals surface area contributed by atoms with E-state index in [4.69, 9.17) is 37.9 Å². The highest BCUT2D eigenvalue weighted by molar-refractivity contribution is 5.77. The minimum absolute atomic E-state index is 0.0870. The number of likely N-dealkylation sites (N-methyl/N-ethyl adjacent to an activating group) is 2. The Hall–Kier alpha value is -5.62. The number of fused-ring (bicyclic) bond motifs is 2. The van der Waals surface area contributed by atoms with Gasteiger partial charge < -0.3 is 67.3 Å². The van der Waals surface area contributed by atoms with E-state index < -0.39 is 11.9 Å². The second kappa shape index (κ2) is 23.8. The minimum atomic E-state index is -0.483. The number of hydrogen-bond donors (Lipinski definition) is 4. The second-order valence-electron chi connectivity index (χ2n) is 18.3. The van der Waals surface area contributed by atoms with E-state index >= 15 is 0 Å². The summed E-state index contributed by atoms with van der Waals surface area (Å²) in [6.45, 7) is 2.11. The van der Waals surface area contributed by atoms with Crippen molar-refractivity contribution < 1.29 is 76.9 Å². The molecule has 0 fully saturated rings. The lowest BCUT2D eigenvalue weighted by molar-refractivity contribution is -0.941. The SMILES string of the molecule is COc1ccc(C2c3cc(OC)c(OC)cc3CC[N+]2(C)CCCOC(=O)CCC(=O)OCCC[N+]2(C)CCc3cc(CO)c(CO)c(OC)c3C2Cc2cc(CO)c(CO)c(OC)c2)cc1OC. The quantitative estimate of drug-likeness (QED) is 0.0395. The van der Waals surface area contributed by atoms with E-state index in [0.29, 0.717) is 104 Å². The molecular weight excluding hydrogens is 889 g/mol. The highest BCUT2D eigenvalue weighted by Crippen LogP contribution is 2.47. The molecule has 0 saturated carbocycles. The Morgan fingerprint density at radius 1 is 0.580 bits per heavy atom. The van der Waals surface area contributed by atoms with Gasteiger partial charge in [-0.25, -0.2) is 0 Å². The van der Waals surface area contributed by atoms with E-state index in [1.54, 1.807) is 35.5 Å². The molecule has 4 N–H and O–H groups in total. The highest BCUT2D eigenvalue weighted by Gasteiger charge is 2.43. The monoisotopic (exact) mass is 960 g/mol. The summed E-state index contributed by atoms with van der Waals surface area (Å²) in [6, 6.07) is 15.5. The van der Waals surface area contributed by atoms with E-state index in [1.165, 1.54) is 12.7 Å². The van der Waals surface area contributed by atoms with Crippen molar-refractivity contribution in [1.29, 1.82) is 0 Å². The molecule has 0 saturated heterocycles. The second-order valence-corrected chi connectivity index (χ2v) is 18.3. The van der Waals surface area contributed by atoms with Gasteiger partial charge in [-0.3, -0.25) is 9.59 Å². The molecule has 16 nitrogen and oxygen atoms in total. The van der Waals surface area contributed by atoms with Crippen LogP contribution in [-0.2, 0) is 64.8 Å². The summed E-state index contributed by atoms with van der Waals surface area (Å²) in [5, 5.41) is 40.9. The van der Waals surface area contributed by atoms with Crippen LogP contribution in [0.5, 0.6) is 34.5 Å². The third-order valence-corrected chi connectivity index (χ3v) is 14.3. The van der Waals surface area contributed by atoms with Crippen LogP contribution in [0.1, 0.15) is 93.4 Å². The molecule has 6 rings (SSSR count). The van der Waals surface area contributed by atoms with Crippen molar-refractivity contribution in [2.75, 3.05) is 96.1 Å². The summed E-state index contributed by atoms with van der Waals surface area (Å²) in [4.78, 5) is 25.9. The van der Waals surface area contributed by atoms with Crippen molar-refractivity contribution in [2.24, 2.45) is 0 Å². The summed E-state index contributed by atoms with van der Waals surface area (Å²) in [5.41, 5.74) is 8.39. The third kappa shape index (κ3) is 11.5. The fraction of sp³-hybridized carbons (Fsp3) is 0.509. The predicted octanol–water partition coefficient (Wildman–Crippen LogP) is 5.43. The summed E-state index contributed by atoms with van der Waals surface area (Å²) < 4.78 is 46.7. The van der Waals surface area contributed by atoms with Crippen LogP contribution in [0.4, 0.5) is 0 Å².